The van der Waals surface area contributed by atoms with E-state index in [4.69, 9.17) is 15.6 Å². The summed E-state index contributed by atoms with van der Waals surface area (Å²) in [4.78, 5) is 11.0. The van der Waals surface area contributed by atoms with E-state index in [1.165, 1.54) is 0 Å². The molecule has 2 saturated heterocycles. The van der Waals surface area contributed by atoms with E-state index in [1.54, 1.807) is 0 Å². The summed E-state index contributed by atoms with van der Waals surface area (Å²) in [6, 6.07) is 0. The summed E-state index contributed by atoms with van der Waals surface area (Å²) in [5.41, 5.74) is 4.82. The molecule has 1 aliphatic carbocycles. The van der Waals surface area contributed by atoms with Gasteiger partial charge in [-0.3, -0.25) is 4.79 Å². The van der Waals surface area contributed by atoms with Crippen molar-refractivity contribution in [1.82, 2.24) is 0 Å². The standard InChI is InChI=1S/C9H15NO3.ClH/c10-5-9-3-1-8(2-4-9,6-13-9)7(11)12;/h1-6,10H2,(H,11,12);1H. The van der Waals surface area contributed by atoms with Crippen LogP contribution in [0.5, 0.6) is 0 Å². The third-order valence-corrected chi connectivity index (χ3v) is 3.60. The van der Waals surface area contributed by atoms with E-state index in [9.17, 15) is 4.79 Å². The van der Waals surface area contributed by atoms with Gasteiger partial charge in [-0.2, -0.15) is 0 Å². The number of hydrogen-bond acceptors (Lipinski definition) is 3. The summed E-state index contributed by atoms with van der Waals surface area (Å²) in [6.07, 6.45) is 3.05. The molecule has 2 aliphatic heterocycles. The first-order chi connectivity index (χ1) is 6.13. The Morgan fingerprint density at radius 1 is 1.36 bits per heavy atom. The van der Waals surface area contributed by atoms with Crippen LogP contribution in [0.4, 0.5) is 0 Å². The zero-order valence-corrected chi connectivity index (χ0v) is 8.81. The van der Waals surface area contributed by atoms with E-state index >= 15 is 0 Å². The van der Waals surface area contributed by atoms with E-state index < -0.39 is 11.4 Å². The van der Waals surface area contributed by atoms with Crippen LogP contribution in [0, 0.1) is 5.41 Å². The largest absolute Gasteiger partial charge is 0.481 e. The van der Waals surface area contributed by atoms with Crippen LogP contribution in [0.2, 0.25) is 0 Å². The number of carboxylic acid groups (broad SMARTS) is 1. The predicted molar refractivity (Wildman–Crippen MR) is 53.5 cm³/mol. The molecule has 1 saturated carbocycles. The van der Waals surface area contributed by atoms with Crippen LogP contribution >= 0.6 is 12.4 Å². The number of fused-ring (bicyclic) bond motifs is 3. The van der Waals surface area contributed by atoms with Gasteiger partial charge in [0, 0.05) is 6.54 Å². The molecule has 82 valence electrons. The lowest BCUT2D eigenvalue weighted by molar-refractivity contribution is -0.198. The van der Waals surface area contributed by atoms with Gasteiger partial charge in [-0.05, 0) is 25.7 Å². The van der Waals surface area contributed by atoms with Crippen molar-refractivity contribution < 1.29 is 14.6 Å². The molecule has 0 radical (unpaired) electrons. The second kappa shape index (κ2) is 3.68. The molecule has 0 amide bonds. The van der Waals surface area contributed by atoms with E-state index in [0.29, 0.717) is 13.2 Å². The third-order valence-electron chi connectivity index (χ3n) is 3.60. The number of halogens is 1. The molecule has 2 bridgehead atoms. The van der Waals surface area contributed by atoms with Gasteiger partial charge in [-0.1, -0.05) is 0 Å². The second-order valence-electron chi connectivity index (χ2n) is 4.26. The van der Waals surface area contributed by atoms with E-state index in [1.807, 2.05) is 0 Å². The number of ether oxygens (including phenoxy) is 1. The summed E-state index contributed by atoms with van der Waals surface area (Å²) < 4.78 is 5.57. The zero-order chi connectivity index (χ0) is 9.53. The van der Waals surface area contributed by atoms with Crippen molar-refractivity contribution in [2.45, 2.75) is 31.3 Å². The Morgan fingerprint density at radius 2 is 1.93 bits per heavy atom. The molecule has 0 aromatic carbocycles. The van der Waals surface area contributed by atoms with E-state index in [0.717, 1.165) is 25.7 Å². The number of hydrogen-bond donors (Lipinski definition) is 2. The molecule has 3 fully saturated rings. The number of carbonyl (C=O) groups is 1. The first-order valence-corrected chi connectivity index (χ1v) is 4.70. The summed E-state index contributed by atoms with van der Waals surface area (Å²) in [5.74, 6) is -0.710. The van der Waals surface area contributed by atoms with Crippen LogP contribution in [0.25, 0.3) is 0 Å². The fourth-order valence-corrected chi connectivity index (χ4v) is 2.30. The van der Waals surface area contributed by atoms with Crippen molar-refractivity contribution in [1.29, 1.82) is 0 Å². The Kier molecular flexibility index (Phi) is 3.09. The number of aliphatic carboxylic acids is 1. The van der Waals surface area contributed by atoms with Crippen molar-refractivity contribution >= 4 is 18.4 Å². The van der Waals surface area contributed by atoms with Gasteiger partial charge in [0.1, 0.15) is 0 Å². The molecule has 5 heteroatoms. The maximum atomic E-state index is 11.0. The van der Waals surface area contributed by atoms with Gasteiger partial charge >= 0.3 is 5.97 Å². The monoisotopic (exact) mass is 221 g/mol. The maximum Gasteiger partial charge on any atom is 0.311 e. The molecular formula is C9H16ClNO3. The van der Waals surface area contributed by atoms with Crippen LogP contribution in [-0.4, -0.2) is 29.8 Å². The summed E-state index contributed by atoms with van der Waals surface area (Å²) in [7, 11) is 0. The molecule has 0 aromatic heterocycles. The first kappa shape index (κ1) is 11.8. The van der Waals surface area contributed by atoms with Crippen LogP contribution in [0.3, 0.4) is 0 Å². The molecule has 3 aliphatic rings. The lowest BCUT2D eigenvalue weighted by atomic mass is 9.66. The summed E-state index contributed by atoms with van der Waals surface area (Å²) >= 11 is 0. The van der Waals surface area contributed by atoms with Gasteiger partial charge < -0.3 is 15.6 Å². The Balaban J connectivity index is 0.000000980. The van der Waals surface area contributed by atoms with Gasteiger partial charge in [0.25, 0.3) is 0 Å². The molecule has 14 heavy (non-hydrogen) atoms. The van der Waals surface area contributed by atoms with Crippen molar-refractivity contribution in [3.05, 3.63) is 0 Å². The number of carboxylic acids is 1. The topological polar surface area (TPSA) is 72.6 Å². The molecule has 4 nitrogen and oxygen atoms in total. The zero-order valence-electron chi connectivity index (χ0n) is 7.99. The average molecular weight is 222 g/mol. The Labute approximate surface area is 89.2 Å². The van der Waals surface area contributed by atoms with Gasteiger partial charge in [-0.15, -0.1) is 12.4 Å². The fourth-order valence-electron chi connectivity index (χ4n) is 2.30. The first-order valence-electron chi connectivity index (χ1n) is 4.70. The SMILES string of the molecule is Cl.NCC12CCC(C(=O)O)(CC1)CO2. The quantitative estimate of drug-likeness (QED) is 0.723. The van der Waals surface area contributed by atoms with Crippen molar-refractivity contribution in [3.63, 3.8) is 0 Å². The lowest BCUT2D eigenvalue weighted by Crippen LogP contribution is -2.57. The Bertz CT molecular complexity index is 220. The van der Waals surface area contributed by atoms with Gasteiger partial charge in [0.15, 0.2) is 0 Å². The molecule has 3 rings (SSSR count). The van der Waals surface area contributed by atoms with Crippen molar-refractivity contribution in [3.8, 4) is 0 Å². The van der Waals surface area contributed by atoms with Crippen molar-refractivity contribution in [2.24, 2.45) is 11.1 Å². The molecule has 0 aromatic rings. The second-order valence-corrected chi connectivity index (χ2v) is 4.26. The highest BCUT2D eigenvalue weighted by Crippen LogP contribution is 2.48. The van der Waals surface area contributed by atoms with Crippen LogP contribution in [0.1, 0.15) is 25.7 Å². The van der Waals surface area contributed by atoms with E-state index in [2.05, 4.69) is 0 Å². The number of rotatable bonds is 2. The molecule has 3 N–H and O–H groups in total. The highest BCUT2D eigenvalue weighted by Gasteiger charge is 2.53. The predicted octanol–water partition coefficient (Wildman–Crippen LogP) is 0.781. The minimum Gasteiger partial charge on any atom is -0.481 e. The van der Waals surface area contributed by atoms with Crippen LogP contribution in [-0.2, 0) is 9.53 Å². The Morgan fingerprint density at radius 3 is 2.21 bits per heavy atom. The normalized spacial score (nSPS) is 40.4. The minimum absolute atomic E-state index is 0. The molecular weight excluding hydrogens is 206 g/mol. The average Bonchev–Trinajstić information content (AvgIpc) is 2.20. The lowest BCUT2D eigenvalue weighted by Gasteiger charge is -2.50. The molecule has 0 atom stereocenters. The van der Waals surface area contributed by atoms with Crippen LogP contribution in [0.15, 0.2) is 0 Å². The molecule has 0 spiro atoms. The molecule has 2 heterocycles. The van der Waals surface area contributed by atoms with Crippen molar-refractivity contribution in [2.75, 3.05) is 13.2 Å². The Hall–Kier alpha value is -0.320. The highest BCUT2D eigenvalue weighted by atomic mass is 35.5. The van der Waals surface area contributed by atoms with Crippen LogP contribution < -0.4 is 5.73 Å². The molecule has 0 unspecified atom stereocenters. The van der Waals surface area contributed by atoms with Gasteiger partial charge in [0.05, 0.1) is 17.6 Å². The highest BCUT2D eigenvalue weighted by molar-refractivity contribution is 5.85. The summed E-state index contributed by atoms with van der Waals surface area (Å²) in [5, 5.41) is 9.06. The van der Waals surface area contributed by atoms with Gasteiger partial charge in [-0.25, -0.2) is 0 Å². The smallest absolute Gasteiger partial charge is 0.311 e. The van der Waals surface area contributed by atoms with E-state index in [-0.39, 0.29) is 18.0 Å². The maximum absolute atomic E-state index is 11.0. The summed E-state index contributed by atoms with van der Waals surface area (Å²) in [6.45, 7) is 0.863. The minimum atomic E-state index is -0.710. The number of nitrogens with two attached hydrogens (primary N) is 1. The fraction of sp³-hybridized carbons (Fsp3) is 0.889. The third kappa shape index (κ3) is 1.51. The van der Waals surface area contributed by atoms with Gasteiger partial charge in [0.2, 0.25) is 0 Å².